The Morgan fingerprint density at radius 1 is 1.06 bits per heavy atom. The van der Waals surface area contributed by atoms with Gasteiger partial charge in [-0.1, -0.05) is 13.3 Å². The van der Waals surface area contributed by atoms with E-state index in [9.17, 15) is 0 Å². The molecule has 1 aliphatic heterocycles. The molecule has 3 unspecified atom stereocenters. The summed E-state index contributed by atoms with van der Waals surface area (Å²) < 4.78 is 5.56. The van der Waals surface area contributed by atoms with Gasteiger partial charge in [-0.05, 0) is 56.3 Å². The highest BCUT2D eigenvalue weighted by molar-refractivity contribution is 4.99. The minimum atomic E-state index is 0.601. The zero-order valence-electron chi connectivity index (χ0n) is 11.2. The Kier molecular flexibility index (Phi) is 3.45. The molecular weight excluding hydrogens is 210 g/mol. The van der Waals surface area contributed by atoms with Crippen molar-refractivity contribution < 1.29 is 4.74 Å². The van der Waals surface area contributed by atoms with Crippen molar-refractivity contribution in [3.05, 3.63) is 0 Å². The van der Waals surface area contributed by atoms with E-state index in [1.807, 2.05) is 0 Å². The van der Waals surface area contributed by atoms with Crippen LogP contribution in [0.4, 0.5) is 0 Å². The molecule has 1 saturated heterocycles. The first kappa shape index (κ1) is 12.0. The third-order valence-electron chi connectivity index (χ3n) is 5.53. The van der Waals surface area contributed by atoms with Crippen LogP contribution >= 0.6 is 0 Å². The SMILES string of the molecule is CC1CCC(NC2CCCC23CCOCC3)C1. The molecule has 17 heavy (non-hydrogen) atoms. The van der Waals surface area contributed by atoms with Gasteiger partial charge in [0.1, 0.15) is 0 Å². The van der Waals surface area contributed by atoms with E-state index in [0.717, 1.165) is 31.2 Å². The van der Waals surface area contributed by atoms with Gasteiger partial charge in [-0.15, -0.1) is 0 Å². The van der Waals surface area contributed by atoms with Crippen molar-refractivity contribution in [2.45, 2.75) is 70.4 Å². The van der Waals surface area contributed by atoms with Crippen LogP contribution in [-0.4, -0.2) is 25.3 Å². The number of hydrogen-bond acceptors (Lipinski definition) is 2. The second-order valence-electron chi connectivity index (χ2n) is 6.70. The summed E-state index contributed by atoms with van der Waals surface area (Å²) in [5.41, 5.74) is 0.601. The van der Waals surface area contributed by atoms with E-state index in [1.165, 1.54) is 51.4 Å². The Bertz CT molecular complexity index is 260. The van der Waals surface area contributed by atoms with Crippen LogP contribution in [0.3, 0.4) is 0 Å². The van der Waals surface area contributed by atoms with Crippen LogP contribution < -0.4 is 5.32 Å². The third-order valence-corrected chi connectivity index (χ3v) is 5.53. The summed E-state index contributed by atoms with van der Waals surface area (Å²) in [7, 11) is 0. The molecule has 0 aromatic rings. The van der Waals surface area contributed by atoms with Crippen LogP contribution in [0, 0.1) is 11.3 Å². The van der Waals surface area contributed by atoms with Crippen molar-refractivity contribution in [3.8, 4) is 0 Å². The number of ether oxygens (including phenoxy) is 1. The summed E-state index contributed by atoms with van der Waals surface area (Å²) in [6.07, 6.45) is 11.1. The normalized spacial score (nSPS) is 41.1. The Balaban J connectivity index is 1.61. The van der Waals surface area contributed by atoms with Gasteiger partial charge in [-0.25, -0.2) is 0 Å². The van der Waals surface area contributed by atoms with Crippen LogP contribution in [0.2, 0.25) is 0 Å². The monoisotopic (exact) mass is 237 g/mol. The predicted octanol–water partition coefficient (Wildman–Crippen LogP) is 3.11. The van der Waals surface area contributed by atoms with Gasteiger partial charge in [0.05, 0.1) is 0 Å². The third kappa shape index (κ3) is 2.39. The van der Waals surface area contributed by atoms with Gasteiger partial charge < -0.3 is 10.1 Å². The molecule has 3 fully saturated rings. The highest BCUT2D eigenvalue weighted by Gasteiger charge is 2.44. The Hall–Kier alpha value is -0.0800. The summed E-state index contributed by atoms with van der Waals surface area (Å²) in [6, 6.07) is 1.61. The Labute approximate surface area is 105 Å². The topological polar surface area (TPSA) is 21.3 Å². The molecule has 3 rings (SSSR count). The lowest BCUT2D eigenvalue weighted by Crippen LogP contribution is -2.48. The standard InChI is InChI=1S/C15H27NO/c1-12-4-5-13(11-12)16-14-3-2-6-15(14)7-9-17-10-8-15/h12-14,16H,2-11H2,1H3. The van der Waals surface area contributed by atoms with Gasteiger partial charge in [0.25, 0.3) is 0 Å². The first-order valence-corrected chi connectivity index (χ1v) is 7.62. The van der Waals surface area contributed by atoms with Gasteiger partial charge in [-0.3, -0.25) is 0 Å². The molecule has 0 aromatic carbocycles. The lowest BCUT2D eigenvalue weighted by molar-refractivity contribution is 0.00254. The highest BCUT2D eigenvalue weighted by Crippen LogP contribution is 2.46. The molecule has 0 amide bonds. The molecule has 2 saturated carbocycles. The van der Waals surface area contributed by atoms with E-state index < -0.39 is 0 Å². The highest BCUT2D eigenvalue weighted by atomic mass is 16.5. The summed E-state index contributed by atoms with van der Waals surface area (Å²) in [5.74, 6) is 0.944. The molecule has 0 aromatic heterocycles. The first-order valence-electron chi connectivity index (χ1n) is 7.62. The van der Waals surface area contributed by atoms with Crippen LogP contribution in [0.15, 0.2) is 0 Å². The second-order valence-corrected chi connectivity index (χ2v) is 6.70. The smallest absolute Gasteiger partial charge is 0.0471 e. The molecule has 1 N–H and O–H groups in total. The van der Waals surface area contributed by atoms with Crippen molar-refractivity contribution in [1.29, 1.82) is 0 Å². The predicted molar refractivity (Wildman–Crippen MR) is 70.1 cm³/mol. The first-order chi connectivity index (χ1) is 8.28. The van der Waals surface area contributed by atoms with E-state index in [2.05, 4.69) is 12.2 Å². The summed E-state index contributed by atoms with van der Waals surface area (Å²) in [4.78, 5) is 0. The van der Waals surface area contributed by atoms with E-state index in [-0.39, 0.29) is 0 Å². The van der Waals surface area contributed by atoms with Crippen molar-refractivity contribution in [2.75, 3.05) is 13.2 Å². The van der Waals surface area contributed by atoms with E-state index in [1.54, 1.807) is 0 Å². The average molecular weight is 237 g/mol. The van der Waals surface area contributed by atoms with Crippen molar-refractivity contribution >= 4 is 0 Å². The quantitative estimate of drug-likeness (QED) is 0.797. The molecule has 1 heterocycles. The fourth-order valence-corrected chi connectivity index (χ4v) is 4.42. The summed E-state index contributed by atoms with van der Waals surface area (Å²) in [5, 5.41) is 4.01. The number of rotatable bonds is 2. The fourth-order valence-electron chi connectivity index (χ4n) is 4.42. The number of nitrogens with one attached hydrogen (secondary N) is 1. The van der Waals surface area contributed by atoms with Crippen molar-refractivity contribution in [3.63, 3.8) is 0 Å². The minimum absolute atomic E-state index is 0.601. The molecule has 0 radical (unpaired) electrons. The molecule has 1 spiro atoms. The van der Waals surface area contributed by atoms with E-state index in [4.69, 9.17) is 4.74 Å². The summed E-state index contributed by atoms with van der Waals surface area (Å²) >= 11 is 0. The maximum atomic E-state index is 5.56. The molecule has 2 nitrogen and oxygen atoms in total. The largest absolute Gasteiger partial charge is 0.381 e. The second kappa shape index (κ2) is 4.89. The molecule has 2 heteroatoms. The van der Waals surface area contributed by atoms with Gasteiger partial charge in [0, 0.05) is 25.3 Å². The fraction of sp³-hybridized carbons (Fsp3) is 1.00. The average Bonchev–Trinajstić information content (AvgIpc) is 2.90. The molecule has 2 aliphatic carbocycles. The molecular formula is C15H27NO. The van der Waals surface area contributed by atoms with Gasteiger partial charge in [0.2, 0.25) is 0 Å². The zero-order chi connectivity index (χ0) is 11.7. The molecule has 3 atom stereocenters. The maximum Gasteiger partial charge on any atom is 0.0471 e. The van der Waals surface area contributed by atoms with Crippen molar-refractivity contribution in [2.24, 2.45) is 11.3 Å². The van der Waals surface area contributed by atoms with Crippen molar-refractivity contribution in [1.82, 2.24) is 5.32 Å². The molecule has 3 aliphatic rings. The van der Waals surface area contributed by atoms with Crippen LogP contribution in [0.1, 0.15) is 58.3 Å². The molecule has 98 valence electrons. The van der Waals surface area contributed by atoms with Crippen LogP contribution in [0.25, 0.3) is 0 Å². The van der Waals surface area contributed by atoms with Gasteiger partial charge in [0.15, 0.2) is 0 Å². The van der Waals surface area contributed by atoms with Gasteiger partial charge in [-0.2, -0.15) is 0 Å². The lowest BCUT2D eigenvalue weighted by Gasteiger charge is -2.40. The van der Waals surface area contributed by atoms with E-state index in [0.29, 0.717) is 5.41 Å². The van der Waals surface area contributed by atoms with E-state index >= 15 is 0 Å². The van der Waals surface area contributed by atoms with Gasteiger partial charge >= 0.3 is 0 Å². The Morgan fingerprint density at radius 2 is 1.88 bits per heavy atom. The number of hydrogen-bond donors (Lipinski definition) is 1. The Morgan fingerprint density at radius 3 is 2.59 bits per heavy atom. The lowest BCUT2D eigenvalue weighted by atomic mass is 9.75. The summed E-state index contributed by atoms with van der Waals surface area (Å²) in [6.45, 7) is 4.40. The van der Waals surface area contributed by atoms with Crippen LogP contribution in [0.5, 0.6) is 0 Å². The maximum absolute atomic E-state index is 5.56. The molecule has 0 bridgehead atoms. The zero-order valence-corrected chi connectivity index (χ0v) is 11.2. The van der Waals surface area contributed by atoms with Crippen LogP contribution in [-0.2, 0) is 4.74 Å². The minimum Gasteiger partial charge on any atom is -0.381 e.